The Labute approximate surface area is 82.7 Å². The maximum atomic E-state index is 10.5. The van der Waals surface area contributed by atoms with E-state index in [4.69, 9.17) is 10.8 Å². The number of nitrogens with two attached hydrogens (primary N) is 1. The fourth-order valence-electron chi connectivity index (χ4n) is 1.20. The van der Waals surface area contributed by atoms with E-state index in [-0.39, 0.29) is 0 Å². The van der Waals surface area contributed by atoms with Crippen LogP contribution in [0.25, 0.3) is 0 Å². The van der Waals surface area contributed by atoms with Gasteiger partial charge in [-0.15, -0.1) is 0 Å². The SMILES string of the molecule is CNc1cccc(C[C@@H](N)C(=O)O)c1. The summed E-state index contributed by atoms with van der Waals surface area (Å²) in [6.07, 6.45) is 0.352. The first-order valence-corrected chi connectivity index (χ1v) is 4.38. The lowest BCUT2D eigenvalue weighted by Crippen LogP contribution is -2.32. The summed E-state index contributed by atoms with van der Waals surface area (Å²) in [6, 6.07) is 6.71. The van der Waals surface area contributed by atoms with Gasteiger partial charge in [0.05, 0.1) is 0 Å². The number of carboxylic acid groups (broad SMARTS) is 1. The normalized spacial score (nSPS) is 12.1. The summed E-state index contributed by atoms with van der Waals surface area (Å²) in [5.41, 5.74) is 7.30. The van der Waals surface area contributed by atoms with E-state index >= 15 is 0 Å². The van der Waals surface area contributed by atoms with Crippen molar-refractivity contribution >= 4 is 11.7 Å². The minimum absolute atomic E-state index is 0.352. The molecule has 0 aromatic heterocycles. The lowest BCUT2D eigenvalue weighted by Gasteiger charge is -2.07. The molecule has 0 heterocycles. The van der Waals surface area contributed by atoms with Crippen LogP contribution in [0.3, 0.4) is 0 Å². The summed E-state index contributed by atoms with van der Waals surface area (Å²) in [7, 11) is 1.82. The number of rotatable bonds is 4. The highest BCUT2D eigenvalue weighted by molar-refractivity contribution is 5.73. The molecule has 0 radical (unpaired) electrons. The molecule has 0 unspecified atom stereocenters. The van der Waals surface area contributed by atoms with Crippen molar-refractivity contribution in [1.82, 2.24) is 0 Å². The molecule has 4 nitrogen and oxygen atoms in total. The maximum absolute atomic E-state index is 10.5. The molecule has 4 heteroatoms. The molecule has 0 saturated heterocycles. The second kappa shape index (κ2) is 4.62. The lowest BCUT2D eigenvalue weighted by molar-refractivity contribution is -0.138. The van der Waals surface area contributed by atoms with Crippen molar-refractivity contribution in [2.24, 2.45) is 5.73 Å². The quantitative estimate of drug-likeness (QED) is 0.659. The highest BCUT2D eigenvalue weighted by atomic mass is 16.4. The van der Waals surface area contributed by atoms with Crippen LogP contribution < -0.4 is 11.1 Å². The number of hydrogen-bond acceptors (Lipinski definition) is 3. The van der Waals surface area contributed by atoms with E-state index < -0.39 is 12.0 Å². The zero-order valence-electron chi connectivity index (χ0n) is 8.03. The van der Waals surface area contributed by atoms with Crippen molar-refractivity contribution in [3.05, 3.63) is 29.8 Å². The van der Waals surface area contributed by atoms with E-state index in [9.17, 15) is 4.79 Å². The van der Waals surface area contributed by atoms with Crippen LogP contribution in [-0.4, -0.2) is 24.2 Å². The topological polar surface area (TPSA) is 75.3 Å². The van der Waals surface area contributed by atoms with E-state index in [1.54, 1.807) is 0 Å². The van der Waals surface area contributed by atoms with Gasteiger partial charge in [0.15, 0.2) is 0 Å². The van der Waals surface area contributed by atoms with Crippen molar-refractivity contribution in [1.29, 1.82) is 0 Å². The predicted molar refractivity (Wildman–Crippen MR) is 55.3 cm³/mol. The van der Waals surface area contributed by atoms with Crippen LogP contribution in [0.15, 0.2) is 24.3 Å². The first kappa shape index (κ1) is 10.5. The van der Waals surface area contributed by atoms with Crippen LogP contribution >= 0.6 is 0 Å². The summed E-state index contributed by atoms with van der Waals surface area (Å²) < 4.78 is 0. The third kappa shape index (κ3) is 2.74. The molecule has 1 atom stereocenters. The fraction of sp³-hybridized carbons (Fsp3) is 0.300. The molecule has 1 aromatic rings. The summed E-state index contributed by atoms with van der Waals surface area (Å²) in [5.74, 6) is -0.972. The standard InChI is InChI=1S/C10H14N2O2/c1-12-8-4-2-3-7(5-8)6-9(11)10(13)14/h2-5,9,12H,6,11H2,1H3,(H,13,14)/t9-/m1/s1. The first-order valence-electron chi connectivity index (χ1n) is 4.38. The number of anilines is 1. The predicted octanol–water partition coefficient (Wildman–Crippen LogP) is 0.683. The van der Waals surface area contributed by atoms with Crippen LogP contribution in [-0.2, 0) is 11.2 Å². The number of benzene rings is 1. The Morgan fingerprint density at radius 2 is 2.36 bits per heavy atom. The van der Waals surface area contributed by atoms with Gasteiger partial charge in [-0.3, -0.25) is 4.79 Å². The molecular weight excluding hydrogens is 180 g/mol. The molecule has 0 aliphatic heterocycles. The molecule has 0 aliphatic carbocycles. The van der Waals surface area contributed by atoms with Crippen molar-refractivity contribution in [3.8, 4) is 0 Å². The van der Waals surface area contributed by atoms with Gasteiger partial charge in [-0.1, -0.05) is 12.1 Å². The highest BCUT2D eigenvalue weighted by Gasteiger charge is 2.11. The highest BCUT2D eigenvalue weighted by Crippen LogP contribution is 2.10. The first-order chi connectivity index (χ1) is 6.63. The van der Waals surface area contributed by atoms with Gasteiger partial charge in [-0.25, -0.2) is 0 Å². The smallest absolute Gasteiger partial charge is 0.320 e. The second-order valence-corrected chi connectivity index (χ2v) is 3.10. The van der Waals surface area contributed by atoms with Gasteiger partial charge >= 0.3 is 5.97 Å². The third-order valence-electron chi connectivity index (χ3n) is 1.99. The van der Waals surface area contributed by atoms with Gasteiger partial charge in [-0.2, -0.15) is 0 Å². The summed E-state index contributed by atoms with van der Waals surface area (Å²) in [4.78, 5) is 10.5. The Bertz CT molecular complexity index is 326. The molecule has 76 valence electrons. The van der Waals surface area contributed by atoms with E-state index in [0.717, 1.165) is 11.3 Å². The molecule has 0 spiro atoms. The van der Waals surface area contributed by atoms with Crippen molar-refractivity contribution < 1.29 is 9.90 Å². The number of carboxylic acids is 1. The fourth-order valence-corrected chi connectivity index (χ4v) is 1.20. The largest absolute Gasteiger partial charge is 0.480 e. The number of nitrogens with one attached hydrogen (secondary N) is 1. The minimum Gasteiger partial charge on any atom is -0.480 e. The molecule has 1 aromatic carbocycles. The summed E-state index contributed by atoms with van der Waals surface area (Å²) in [6.45, 7) is 0. The van der Waals surface area contributed by atoms with Crippen LogP contribution in [0.5, 0.6) is 0 Å². The molecule has 14 heavy (non-hydrogen) atoms. The molecule has 0 aliphatic rings. The zero-order valence-corrected chi connectivity index (χ0v) is 8.03. The van der Waals surface area contributed by atoms with Gasteiger partial charge in [-0.05, 0) is 24.1 Å². The van der Waals surface area contributed by atoms with Gasteiger partial charge < -0.3 is 16.2 Å². The van der Waals surface area contributed by atoms with Crippen molar-refractivity contribution in [2.75, 3.05) is 12.4 Å². The second-order valence-electron chi connectivity index (χ2n) is 3.10. The summed E-state index contributed by atoms with van der Waals surface area (Å²) >= 11 is 0. The number of hydrogen-bond donors (Lipinski definition) is 3. The van der Waals surface area contributed by atoms with Crippen LogP contribution in [0, 0.1) is 0 Å². The van der Waals surface area contributed by atoms with E-state index in [0.29, 0.717) is 6.42 Å². The lowest BCUT2D eigenvalue weighted by atomic mass is 10.1. The Kier molecular flexibility index (Phi) is 3.48. The molecule has 0 fully saturated rings. The van der Waals surface area contributed by atoms with Gasteiger partial charge in [0, 0.05) is 12.7 Å². The maximum Gasteiger partial charge on any atom is 0.320 e. The van der Waals surface area contributed by atoms with E-state index in [2.05, 4.69) is 5.32 Å². The van der Waals surface area contributed by atoms with Gasteiger partial charge in [0.1, 0.15) is 6.04 Å². The third-order valence-corrected chi connectivity index (χ3v) is 1.99. The average Bonchev–Trinajstić information content (AvgIpc) is 2.18. The molecule has 4 N–H and O–H groups in total. The summed E-state index contributed by atoms with van der Waals surface area (Å²) in [5, 5.41) is 11.6. The average molecular weight is 194 g/mol. The molecule has 0 amide bonds. The number of carbonyl (C=O) groups is 1. The van der Waals surface area contributed by atoms with E-state index in [1.165, 1.54) is 0 Å². The van der Waals surface area contributed by atoms with Crippen molar-refractivity contribution in [2.45, 2.75) is 12.5 Å². The van der Waals surface area contributed by atoms with Gasteiger partial charge in [0.2, 0.25) is 0 Å². The number of aliphatic carboxylic acids is 1. The van der Waals surface area contributed by atoms with Crippen LogP contribution in [0.1, 0.15) is 5.56 Å². The Hall–Kier alpha value is -1.55. The molecule has 0 bridgehead atoms. The zero-order chi connectivity index (χ0) is 10.6. The monoisotopic (exact) mass is 194 g/mol. The van der Waals surface area contributed by atoms with Crippen LogP contribution in [0.4, 0.5) is 5.69 Å². The van der Waals surface area contributed by atoms with Crippen LogP contribution in [0.2, 0.25) is 0 Å². The minimum atomic E-state index is -0.972. The Morgan fingerprint density at radius 1 is 1.64 bits per heavy atom. The van der Waals surface area contributed by atoms with E-state index in [1.807, 2.05) is 31.3 Å². The molecule has 0 saturated carbocycles. The molecular formula is C10H14N2O2. The van der Waals surface area contributed by atoms with Gasteiger partial charge in [0.25, 0.3) is 0 Å². The Balaban J connectivity index is 2.71. The molecule has 1 rings (SSSR count). The van der Waals surface area contributed by atoms with Crippen molar-refractivity contribution in [3.63, 3.8) is 0 Å². The Morgan fingerprint density at radius 3 is 2.93 bits per heavy atom.